The van der Waals surface area contributed by atoms with E-state index < -0.39 is 6.10 Å². The van der Waals surface area contributed by atoms with Crippen LogP contribution in [0.25, 0.3) is 0 Å². The Labute approximate surface area is 101 Å². The van der Waals surface area contributed by atoms with Crippen LogP contribution in [0.3, 0.4) is 0 Å². The van der Waals surface area contributed by atoms with Crippen molar-refractivity contribution >= 4 is 11.6 Å². The van der Waals surface area contributed by atoms with E-state index in [1.165, 1.54) is 0 Å². The molecular formula is C12H18ClNO2. The molecule has 0 amide bonds. The smallest absolute Gasteiger partial charge is 0.124 e. The fraction of sp³-hybridized carbons (Fsp3) is 0.500. The van der Waals surface area contributed by atoms with E-state index in [9.17, 15) is 0 Å². The number of aliphatic hydroxyl groups is 1. The van der Waals surface area contributed by atoms with E-state index in [1.54, 1.807) is 13.0 Å². The molecule has 0 saturated carbocycles. The van der Waals surface area contributed by atoms with E-state index in [2.05, 4.69) is 5.32 Å². The van der Waals surface area contributed by atoms with Crippen molar-refractivity contribution in [3.05, 3.63) is 28.8 Å². The Morgan fingerprint density at radius 3 is 2.88 bits per heavy atom. The fourth-order valence-electron chi connectivity index (χ4n) is 1.30. The summed E-state index contributed by atoms with van der Waals surface area (Å²) in [5, 5.41) is 13.1. The van der Waals surface area contributed by atoms with E-state index in [0.29, 0.717) is 18.2 Å². The van der Waals surface area contributed by atoms with Crippen molar-refractivity contribution in [3.8, 4) is 5.75 Å². The Kier molecular flexibility index (Phi) is 5.60. The van der Waals surface area contributed by atoms with Gasteiger partial charge in [0.1, 0.15) is 12.4 Å². The number of nitrogens with one attached hydrogen (secondary N) is 1. The number of aliphatic hydroxyl groups excluding tert-OH is 1. The molecule has 3 nitrogen and oxygen atoms in total. The number of rotatable bonds is 6. The number of halogens is 1. The van der Waals surface area contributed by atoms with Crippen LogP contribution < -0.4 is 10.1 Å². The number of benzene rings is 1. The summed E-state index contributed by atoms with van der Waals surface area (Å²) in [5.74, 6) is 0.770. The SMILES string of the molecule is CCNCc1cc(Cl)ccc1OCC(C)O. The van der Waals surface area contributed by atoms with Gasteiger partial charge >= 0.3 is 0 Å². The molecule has 1 unspecified atom stereocenters. The van der Waals surface area contributed by atoms with Crippen LogP contribution in [-0.4, -0.2) is 24.4 Å². The molecule has 0 aromatic heterocycles. The molecule has 1 aromatic carbocycles. The van der Waals surface area contributed by atoms with Gasteiger partial charge in [0.15, 0.2) is 0 Å². The first-order chi connectivity index (χ1) is 7.63. The van der Waals surface area contributed by atoms with Crippen LogP contribution in [0.4, 0.5) is 0 Å². The number of ether oxygens (including phenoxy) is 1. The third kappa shape index (κ3) is 4.39. The minimum Gasteiger partial charge on any atom is -0.491 e. The average molecular weight is 244 g/mol. The molecule has 2 N–H and O–H groups in total. The van der Waals surface area contributed by atoms with Crippen molar-refractivity contribution in [2.24, 2.45) is 0 Å². The molecule has 0 radical (unpaired) electrons. The second kappa shape index (κ2) is 6.74. The molecule has 1 rings (SSSR count). The molecule has 0 aliphatic carbocycles. The zero-order valence-electron chi connectivity index (χ0n) is 9.66. The highest BCUT2D eigenvalue weighted by Gasteiger charge is 2.05. The van der Waals surface area contributed by atoms with Gasteiger partial charge in [0, 0.05) is 17.1 Å². The van der Waals surface area contributed by atoms with E-state index in [1.807, 2.05) is 19.1 Å². The molecular weight excluding hydrogens is 226 g/mol. The monoisotopic (exact) mass is 243 g/mol. The van der Waals surface area contributed by atoms with Gasteiger partial charge in [-0.1, -0.05) is 18.5 Å². The van der Waals surface area contributed by atoms with Gasteiger partial charge in [-0.2, -0.15) is 0 Å². The van der Waals surface area contributed by atoms with Crippen molar-refractivity contribution in [2.75, 3.05) is 13.2 Å². The first-order valence-electron chi connectivity index (χ1n) is 5.43. The van der Waals surface area contributed by atoms with Crippen LogP contribution >= 0.6 is 11.6 Å². The summed E-state index contributed by atoms with van der Waals surface area (Å²) in [7, 11) is 0. The largest absolute Gasteiger partial charge is 0.491 e. The minimum absolute atomic E-state index is 0.292. The van der Waals surface area contributed by atoms with Gasteiger partial charge in [0.25, 0.3) is 0 Å². The molecule has 0 heterocycles. The Bertz CT molecular complexity index is 329. The standard InChI is InChI=1S/C12H18ClNO2/c1-3-14-7-10-6-11(13)4-5-12(10)16-8-9(2)15/h4-6,9,14-15H,3,7-8H2,1-2H3. The van der Waals surface area contributed by atoms with Gasteiger partial charge in [-0.05, 0) is 31.7 Å². The average Bonchev–Trinajstić information content (AvgIpc) is 2.24. The van der Waals surface area contributed by atoms with E-state index in [0.717, 1.165) is 17.9 Å². The highest BCUT2D eigenvalue weighted by molar-refractivity contribution is 6.30. The lowest BCUT2D eigenvalue weighted by molar-refractivity contribution is 0.122. The Balaban J connectivity index is 2.72. The third-order valence-corrected chi connectivity index (χ3v) is 2.30. The topological polar surface area (TPSA) is 41.5 Å². The molecule has 1 atom stereocenters. The van der Waals surface area contributed by atoms with Crippen LogP contribution in [0.15, 0.2) is 18.2 Å². The summed E-state index contributed by atoms with van der Waals surface area (Å²) in [6.45, 7) is 5.63. The molecule has 1 aromatic rings. The highest BCUT2D eigenvalue weighted by Crippen LogP contribution is 2.23. The summed E-state index contributed by atoms with van der Waals surface area (Å²) in [5.41, 5.74) is 1.01. The van der Waals surface area contributed by atoms with Crippen molar-refractivity contribution in [1.29, 1.82) is 0 Å². The molecule has 0 bridgehead atoms. The van der Waals surface area contributed by atoms with Crippen molar-refractivity contribution < 1.29 is 9.84 Å². The van der Waals surface area contributed by atoms with Crippen molar-refractivity contribution in [1.82, 2.24) is 5.32 Å². The highest BCUT2D eigenvalue weighted by atomic mass is 35.5. The van der Waals surface area contributed by atoms with Crippen LogP contribution in [0.2, 0.25) is 5.02 Å². The van der Waals surface area contributed by atoms with Crippen LogP contribution in [-0.2, 0) is 6.54 Å². The van der Waals surface area contributed by atoms with E-state index in [4.69, 9.17) is 21.4 Å². The van der Waals surface area contributed by atoms with Gasteiger partial charge in [0.2, 0.25) is 0 Å². The molecule has 0 spiro atoms. The normalized spacial score (nSPS) is 12.5. The molecule has 90 valence electrons. The van der Waals surface area contributed by atoms with Crippen molar-refractivity contribution in [3.63, 3.8) is 0 Å². The quantitative estimate of drug-likeness (QED) is 0.805. The second-order valence-corrected chi connectivity index (χ2v) is 4.13. The lowest BCUT2D eigenvalue weighted by Gasteiger charge is -2.13. The van der Waals surface area contributed by atoms with Crippen LogP contribution in [0.1, 0.15) is 19.4 Å². The molecule has 4 heteroatoms. The number of hydrogen-bond acceptors (Lipinski definition) is 3. The Morgan fingerprint density at radius 1 is 1.50 bits per heavy atom. The van der Waals surface area contributed by atoms with Gasteiger partial charge in [-0.25, -0.2) is 0 Å². The minimum atomic E-state index is -0.470. The van der Waals surface area contributed by atoms with E-state index >= 15 is 0 Å². The number of hydrogen-bond donors (Lipinski definition) is 2. The summed E-state index contributed by atoms with van der Waals surface area (Å²) in [4.78, 5) is 0. The van der Waals surface area contributed by atoms with Crippen molar-refractivity contribution in [2.45, 2.75) is 26.5 Å². The van der Waals surface area contributed by atoms with Gasteiger partial charge in [-0.15, -0.1) is 0 Å². The Hall–Kier alpha value is -0.770. The first-order valence-corrected chi connectivity index (χ1v) is 5.81. The van der Waals surface area contributed by atoms with Gasteiger partial charge < -0.3 is 15.2 Å². The second-order valence-electron chi connectivity index (χ2n) is 3.69. The Morgan fingerprint density at radius 2 is 2.25 bits per heavy atom. The summed E-state index contributed by atoms with van der Waals surface area (Å²) in [6.07, 6.45) is -0.470. The first kappa shape index (κ1) is 13.3. The molecule has 16 heavy (non-hydrogen) atoms. The predicted molar refractivity (Wildman–Crippen MR) is 66.0 cm³/mol. The fourth-order valence-corrected chi connectivity index (χ4v) is 1.49. The summed E-state index contributed by atoms with van der Waals surface area (Å²) >= 11 is 5.93. The maximum atomic E-state index is 9.17. The summed E-state index contributed by atoms with van der Waals surface area (Å²) < 4.78 is 5.50. The lowest BCUT2D eigenvalue weighted by Crippen LogP contribution is -2.16. The molecule has 0 aliphatic heterocycles. The summed E-state index contributed by atoms with van der Waals surface area (Å²) in [6, 6.07) is 5.49. The van der Waals surface area contributed by atoms with Gasteiger partial charge in [0.05, 0.1) is 6.10 Å². The van der Waals surface area contributed by atoms with Crippen LogP contribution in [0, 0.1) is 0 Å². The molecule has 0 aliphatic rings. The third-order valence-electron chi connectivity index (χ3n) is 2.07. The van der Waals surface area contributed by atoms with Crippen LogP contribution in [0.5, 0.6) is 5.75 Å². The maximum Gasteiger partial charge on any atom is 0.124 e. The van der Waals surface area contributed by atoms with Gasteiger partial charge in [-0.3, -0.25) is 0 Å². The lowest BCUT2D eigenvalue weighted by atomic mass is 10.2. The van der Waals surface area contributed by atoms with E-state index in [-0.39, 0.29) is 0 Å². The maximum absolute atomic E-state index is 9.17. The zero-order chi connectivity index (χ0) is 12.0. The predicted octanol–water partition coefficient (Wildman–Crippen LogP) is 2.21. The molecule has 0 fully saturated rings. The zero-order valence-corrected chi connectivity index (χ0v) is 10.4. The molecule has 0 saturated heterocycles.